The van der Waals surface area contributed by atoms with Crippen LogP contribution < -0.4 is 5.32 Å². The molecule has 2 N–H and O–H groups in total. The summed E-state index contributed by atoms with van der Waals surface area (Å²) in [5.74, 6) is -0.157. The molecule has 2 aromatic rings. The molecule has 0 saturated heterocycles. The van der Waals surface area contributed by atoms with Crippen molar-refractivity contribution in [1.29, 1.82) is 0 Å². The van der Waals surface area contributed by atoms with Gasteiger partial charge in [-0.25, -0.2) is 14.8 Å². The molecule has 0 unspecified atom stereocenters. The van der Waals surface area contributed by atoms with Gasteiger partial charge in [0.05, 0.1) is 17.3 Å². The van der Waals surface area contributed by atoms with E-state index in [1.807, 2.05) is 0 Å². The predicted molar refractivity (Wildman–Crippen MR) is 62.7 cm³/mol. The summed E-state index contributed by atoms with van der Waals surface area (Å²) >= 11 is 3.07. The second-order valence-corrected chi connectivity index (χ2v) is 3.98. The zero-order valence-corrected chi connectivity index (χ0v) is 10.1. The topological polar surface area (TPSA) is 88.2 Å². The molecule has 17 heavy (non-hydrogen) atoms. The van der Waals surface area contributed by atoms with Crippen molar-refractivity contribution in [2.24, 2.45) is 0 Å². The van der Waals surface area contributed by atoms with Gasteiger partial charge >= 0.3 is 5.97 Å². The van der Waals surface area contributed by atoms with Gasteiger partial charge in [0.25, 0.3) is 0 Å². The molecule has 88 valence electrons. The molecule has 0 bridgehead atoms. The van der Waals surface area contributed by atoms with E-state index in [0.717, 1.165) is 0 Å². The highest BCUT2D eigenvalue weighted by Crippen LogP contribution is 2.15. The minimum absolute atomic E-state index is 0.0815. The maximum atomic E-state index is 10.8. The Bertz CT molecular complexity index is 528. The first kappa shape index (κ1) is 11.6. The number of rotatable bonds is 4. The van der Waals surface area contributed by atoms with E-state index in [0.29, 0.717) is 16.8 Å². The Hall–Kier alpha value is -1.89. The summed E-state index contributed by atoms with van der Waals surface area (Å²) in [5.41, 5.74) is -0.0815. The van der Waals surface area contributed by atoms with E-state index in [4.69, 9.17) is 9.52 Å². The molecule has 0 amide bonds. The number of halogens is 1. The summed E-state index contributed by atoms with van der Waals surface area (Å²) in [5, 5.41) is 11.7. The molecule has 7 heteroatoms. The summed E-state index contributed by atoms with van der Waals surface area (Å²) < 4.78 is 5.45. The molecule has 2 heterocycles. The largest absolute Gasteiger partial charge is 0.476 e. The summed E-state index contributed by atoms with van der Waals surface area (Å²) in [7, 11) is 0. The molecule has 0 aliphatic heterocycles. The number of aromatic nitrogens is 2. The molecular formula is C10H8BrN3O3. The number of hydrogen-bond donors (Lipinski definition) is 2. The fraction of sp³-hybridized carbons (Fsp3) is 0.100. The smallest absolute Gasteiger partial charge is 0.355 e. The first-order chi connectivity index (χ1) is 8.16. The minimum atomic E-state index is -1.11. The van der Waals surface area contributed by atoms with Gasteiger partial charge in [0, 0.05) is 6.20 Å². The van der Waals surface area contributed by atoms with Crippen molar-refractivity contribution in [3.63, 3.8) is 0 Å². The van der Waals surface area contributed by atoms with Crippen LogP contribution in [0.5, 0.6) is 0 Å². The van der Waals surface area contributed by atoms with Crippen LogP contribution in [-0.4, -0.2) is 21.0 Å². The third kappa shape index (κ3) is 2.82. The van der Waals surface area contributed by atoms with E-state index >= 15 is 0 Å². The molecule has 0 spiro atoms. The van der Waals surface area contributed by atoms with Crippen molar-refractivity contribution in [3.8, 4) is 0 Å². The van der Waals surface area contributed by atoms with Crippen molar-refractivity contribution in [1.82, 2.24) is 9.97 Å². The Morgan fingerprint density at radius 1 is 1.59 bits per heavy atom. The zero-order chi connectivity index (χ0) is 12.3. The summed E-state index contributed by atoms with van der Waals surface area (Å²) in [6.07, 6.45) is 2.95. The van der Waals surface area contributed by atoms with Gasteiger partial charge in [-0.3, -0.25) is 0 Å². The molecule has 2 aromatic heterocycles. The van der Waals surface area contributed by atoms with Crippen LogP contribution in [0.4, 0.5) is 5.95 Å². The number of nitrogens with zero attached hydrogens (tertiary/aromatic N) is 2. The van der Waals surface area contributed by atoms with Crippen molar-refractivity contribution in [3.05, 3.63) is 40.5 Å². The quantitative estimate of drug-likeness (QED) is 0.899. The first-order valence-corrected chi connectivity index (χ1v) is 5.48. The second kappa shape index (κ2) is 4.96. The van der Waals surface area contributed by atoms with E-state index in [-0.39, 0.29) is 11.6 Å². The van der Waals surface area contributed by atoms with E-state index < -0.39 is 5.97 Å². The Kier molecular flexibility index (Phi) is 3.38. The number of carboxylic acid groups (broad SMARTS) is 1. The molecule has 0 radical (unpaired) electrons. The average molecular weight is 298 g/mol. The van der Waals surface area contributed by atoms with E-state index in [1.165, 1.54) is 6.20 Å². The normalized spacial score (nSPS) is 10.2. The standard InChI is InChI=1S/C10H8BrN3O3/c11-7-5-13-10(14-8(7)9(15)16)12-4-6-2-1-3-17-6/h1-3,5H,4H2,(H,15,16)(H,12,13,14). The van der Waals surface area contributed by atoms with Gasteiger partial charge in [0.2, 0.25) is 5.95 Å². The van der Waals surface area contributed by atoms with Crippen LogP contribution in [0.3, 0.4) is 0 Å². The number of hydrogen-bond acceptors (Lipinski definition) is 5. The number of furan rings is 1. The van der Waals surface area contributed by atoms with Crippen LogP contribution in [0.15, 0.2) is 33.5 Å². The highest BCUT2D eigenvalue weighted by Gasteiger charge is 2.12. The number of nitrogens with one attached hydrogen (secondary N) is 1. The fourth-order valence-electron chi connectivity index (χ4n) is 1.18. The molecule has 0 atom stereocenters. The molecular weight excluding hydrogens is 290 g/mol. The molecule has 0 aliphatic rings. The van der Waals surface area contributed by atoms with Crippen molar-refractivity contribution >= 4 is 27.8 Å². The van der Waals surface area contributed by atoms with Crippen molar-refractivity contribution < 1.29 is 14.3 Å². The van der Waals surface area contributed by atoms with Crippen molar-refractivity contribution in [2.75, 3.05) is 5.32 Å². The Balaban J connectivity index is 2.11. The maximum Gasteiger partial charge on any atom is 0.355 e. The van der Waals surface area contributed by atoms with Crippen LogP contribution in [0.1, 0.15) is 16.2 Å². The minimum Gasteiger partial charge on any atom is -0.476 e. The number of carboxylic acids is 1. The van der Waals surface area contributed by atoms with Gasteiger partial charge in [-0.1, -0.05) is 0 Å². The van der Waals surface area contributed by atoms with Gasteiger partial charge in [-0.2, -0.15) is 0 Å². The third-order valence-electron chi connectivity index (χ3n) is 1.95. The van der Waals surface area contributed by atoms with Gasteiger partial charge in [0.15, 0.2) is 5.69 Å². The highest BCUT2D eigenvalue weighted by molar-refractivity contribution is 9.10. The van der Waals surface area contributed by atoms with Crippen LogP contribution in [-0.2, 0) is 6.54 Å². The van der Waals surface area contributed by atoms with Crippen molar-refractivity contribution in [2.45, 2.75) is 6.54 Å². The maximum absolute atomic E-state index is 10.8. The monoisotopic (exact) mass is 297 g/mol. The number of aromatic carboxylic acids is 1. The lowest BCUT2D eigenvalue weighted by molar-refractivity contribution is 0.0689. The van der Waals surface area contributed by atoms with Crippen LogP contribution >= 0.6 is 15.9 Å². The van der Waals surface area contributed by atoms with E-state index in [1.54, 1.807) is 18.4 Å². The number of carbonyl (C=O) groups is 1. The number of anilines is 1. The van der Waals surface area contributed by atoms with Gasteiger partial charge < -0.3 is 14.8 Å². The molecule has 6 nitrogen and oxygen atoms in total. The van der Waals surface area contributed by atoms with Gasteiger partial charge in [-0.05, 0) is 28.1 Å². The second-order valence-electron chi connectivity index (χ2n) is 3.13. The molecule has 0 aromatic carbocycles. The lowest BCUT2D eigenvalue weighted by Crippen LogP contribution is -2.08. The lowest BCUT2D eigenvalue weighted by Gasteiger charge is -2.04. The fourth-order valence-corrected chi connectivity index (χ4v) is 1.54. The van der Waals surface area contributed by atoms with Crippen LogP contribution in [0.2, 0.25) is 0 Å². The lowest BCUT2D eigenvalue weighted by atomic mass is 10.4. The van der Waals surface area contributed by atoms with E-state index in [9.17, 15) is 4.79 Å². The molecule has 0 aliphatic carbocycles. The Labute approximate surface area is 105 Å². The molecule has 0 saturated carbocycles. The third-order valence-corrected chi connectivity index (χ3v) is 2.53. The first-order valence-electron chi connectivity index (χ1n) is 4.69. The summed E-state index contributed by atoms with van der Waals surface area (Å²) in [4.78, 5) is 18.6. The molecule has 0 fully saturated rings. The van der Waals surface area contributed by atoms with Crippen LogP contribution in [0.25, 0.3) is 0 Å². The summed E-state index contributed by atoms with van der Waals surface area (Å²) in [6.45, 7) is 0.397. The average Bonchev–Trinajstić information content (AvgIpc) is 2.80. The van der Waals surface area contributed by atoms with Crippen LogP contribution in [0, 0.1) is 0 Å². The highest BCUT2D eigenvalue weighted by atomic mass is 79.9. The SMILES string of the molecule is O=C(O)c1nc(NCc2ccco2)ncc1Br. The molecule has 2 rings (SSSR count). The van der Waals surface area contributed by atoms with E-state index in [2.05, 4.69) is 31.2 Å². The van der Waals surface area contributed by atoms with Gasteiger partial charge in [0.1, 0.15) is 5.76 Å². The van der Waals surface area contributed by atoms with Gasteiger partial charge in [-0.15, -0.1) is 0 Å². The predicted octanol–water partition coefficient (Wildman–Crippen LogP) is 2.14. The Morgan fingerprint density at radius 3 is 3.06 bits per heavy atom. The summed E-state index contributed by atoms with van der Waals surface area (Å²) in [6, 6.07) is 3.56. The zero-order valence-electron chi connectivity index (χ0n) is 8.55. The Morgan fingerprint density at radius 2 is 2.41 bits per heavy atom.